The molecule has 2 aromatic rings. The number of anilines is 2. The van der Waals surface area contributed by atoms with Crippen molar-refractivity contribution in [1.29, 1.82) is 0 Å². The summed E-state index contributed by atoms with van der Waals surface area (Å²) in [6.45, 7) is 3.47. The van der Waals surface area contributed by atoms with Crippen molar-refractivity contribution < 1.29 is 14.7 Å². The Morgan fingerprint density at radius 3 is 2.52 bits per heavy atom. The number of carboxylic acids is 1. The zero-order valence-electron chi connectivity index (χ0n) is 11.7. The van der Waals surface area contributed by atoms with Crippen LogP contribution >= 0.6 is 0 Å². The van der Waals surface area contributed by atoms with Crippen LogP contribution in [-0.4, -0.2) is 22.1 Å². The fraction of sp³-hybridized carbons (Fsp3) is 0.133. The van der Waals surface area contributed by atoms with E-state index in [4.69, 9.17) is 5.11 Å². The molecule has 0 saturated carbocycles. The Morgan fingerprint density at radius 1 is 1.14 bits per heavy atom. The molecule has 0 bridgehead atoms. The molecule has 2 rings (SSSR count). The number of nitrogens with zero attached hydrogens (tertiary/aromatic N) is 1. The summed E-state index contributed by atoms with van der Waals surface area (Å²) >= 11 is 0. The number of rotatable bonds is 3. The van der Waals surface area contributed by atoms with Crippen molar-refractivity contribution in [3.63, 3.8) is 0 Å². The van der Waals surface area contributed by atoms with Crippen LogP contribution in [-0.2, 0) is 0 Å². The van der Waals surface area contributed by atoms with Crippen molar-refractivity contribution in [3.8, 4) is 0 Å². The molecule has 1 heterocycles. The standard InChI is InChI=1S/C15H15N3O3/c1-9-8-11(5-6-12(9)14(19)20)17-15(21)18-13-4-3-7-16-10(13)2/h3-8H,1-2H3,(H,19,20)(H2,17,18,21). The Morgan fingerprint density at radius 2 is 1.90 bits per heavy atom. The number of pyridine rings is 1. The third-order valence-electron chi connectivity index (χ3n) is 2.97. The topological polar surface area (TPSA) is 91.3 Å². The van der Waals surface area contributed by atoms with E-state index in [0.29, 0.717) is 22.6 Å². The highest BCUT2D eigenvalue weighted by molar-refractivity contribution is 6.00. The van der Waals surface area contributed by atoms with Crippen LogP contribution in [0.3, 0.4) is 0 Å². The van der Waals surface area contributed by atoms with Crippen LogP contribution in [0.15, 0.2) is 36.5 Å². The van der Waals surface area contributed by atoms with Gasteiger partial charge in [-0.05, 0) is 49.7 Å². The van der Waals surface area contributed by atoms with Crippen LogP contribution in [0.5, 0.6) is 0 Å². The molecule has 6 nitrogen and oxygen atoms in total. The first-order chi connectivity index (χ1) is 9.97. The molecule has 0 atom stereocenters. The lowest BCUT2D eigenvalue weighted by Crippen LogP contribution is -2.20. The van der Waals surface area contributed by atoms with Crippen molar-refractivity contribution >= 4 is 23.4 Å². The van der Waals surface area contributed by atoms with Crippen molar-refractivity contribution in [2.45, 2.75) is 13.8 Å². The molecule has 0 unspecified atom stereocenters. The maximum absolute atomic E-state index is 11.9. The Bertz CT molecular complexity index is 698. The molecule has 21 heavy (non-hydrogen) atoms. The van der Waals surface area contributed by atoms with Crippen LogP contribution in [0, 0.1) is 13.8 Å². The van der Waals surface area contributed by atoms with E-state index in [1.807, 2.05) is 0 Å². The molecular weight excluding hydrogens is 270 g/mol. The number of nitrogens with one attached hydrogen (secondary N) is 2. The van der Waals surface area contributed by atoms with Gasteiger partial charge >= 0.3 is 12.0 Å². The van der Waals surface area contributed by atoms with E-state index in [9.17, 15) is 9.59 Å². The van der Waals surface area contributed by atoms with Gasteiger partial charge in [0.05, 0.1) is 16.9 Å². The normalized spacial score (nSPS) is 10.0. The Hall–Kier alpha value is -2.89. The van der Waals surface area contributed by atoms with E-state index in [-0.39, 0.29) is 5.56 Å². The first kappa shape index (κ1) is 14.5. The third-order valence-corrected chi connectivity index (χ3v) is 2.97. The Labute approximate surface area is 121 Å². The molecule has 0 aliphatic heterocycles. The van der Waals surface area contributed by atoms with Gasteiger partial charge in [0.25, 0.3) is 0 Å². The second kappa shape index (κ2) is 6.04. The van der Waals surface area contributed by atoms with Crippen molar-refractivity contribution in [3.05, 3.63) is 53.3 Å². The average molecular weight is 285 g/mol. The molecule has 0 aliphatic carbocycles. The zero-order chi connectivity index (χ0) is 15.4. The van der Waals surface area contributed by atoms with Gasteiger partial charge in [0.2, 0.25) is 0 Å². The highest BCUT2D eigenvalue weighted by Crippen LogP contribution is 2.16. The molecule has 1 aromatic carbocycles. The first-order valence-corrected chi connectivity index (χ1v) is 6.31. The lowest BCUT2D eigenvalue weighted by Gasteiger charge is -2.10. The fourth-order valence-electron chi connectivity index (χ4n) is 1.88. The van der Waals surface area contributed by atoms with Crippen LogP contribution in [0.4, 0.5) is 16.2 Å². The molecule has 3 N–H and O–H groups in total. The summed E-state index contributed by atoms with van der Waals surface area (Å²) in [5.74, 6) is -0.991. The van der Waals surface area contributed by atoms with Crippen LogP contribution in [0.1, 0.15) is 21.6 Å². The monoisotopic (exact) mass is 285 g/mol. The molecule has 0 fully saturated rings. The van der Waals surface area contributed by atoms with E-state index < -0.39 is 12.0 Å². The molecular formula is C15H15N3O3. The van der Waals surface area contributed by atoms with Gasteiger partial charge in [0, 0.05) is 11.9 Å². The predicted molar refractivity (Wildman–Crippen MR) is 79.8 cm³/mol. The fourth-order valence-corrected chi connectivity index (χ4v) is 1.88. The first-order valence-electron chi connectivity index (χ1n) is 6.31. The van der Waals surface area contributed by atoms with Gasteiger partial charge in [-0.15, -0.1) is 0 Å². The minimum atomic E-state index is -0.991. The van der Waals surface area contributed by atoms with Crippen molar-refractivity contribution in [2.75, 3.05) is 10.6 Å². The molecule has 0 saturated heterocycles. The second-order valence-corrected chi connectivity index (χ2v) is 4.55. The van der Waals surface area contributed by atoms with Crippen LogP contribution in [0.2, 0.25) is 0 Å². The number of carboxylic acid groups (broad SMARTS) is 1. The average Bonchev–Trinajstić information content (AvgIpc) is 2.41. The van der Waals surface area contributed by atoms with Gasteiger partial charge in [0.1, 0.15) is 0 Å². The number of amides is 2. The number of hydrogen-bond acceptors (Lipinski definition) is 3. The minimum absolute atomic E-state index is 0.212. The van der Waals surface area contributed by atoms with E-state index in [0.717, 1.165) is 0 Å². The highest BCUT2D eigenvalue weighted by Gasteiger charge is 2.09. The summed E-state index contributed by atoms with van der Waals surface area (Å²) in [6.07, 6.45) is 1.65. The minimum Gasteiger partial charge on any atom is -0.478 e. The number of carbonyl (C=O) groups is 2. The molecule has 1 aromatic heterocycles. The largest absolute Gasteiger partial charge is 0.478 e. The third kappa shape index (κ3) is 3.56. The van der Waals surface area contributed by atoms with E-state index in [2.05, 4.69) is 15.6 Å². The quantitative estimate of drug-likeness (QED) is 0.808. The zero-order valence-corrected chi connectivity index (χ0v) is 11.7. The maximum Gasteiger partial charge on any atom is 0.335 e. The van der Waals surface area contributed by atoms with Crippen LogP contribution < -0.4 is 10.6 Å². The predicted octanol–water partition coefficient (Wildman–Crippen LogP) is 3.04. The number of hydrogen-bond donors (Lipinski definition) is 3. The van der Waals surface area contributed by atoms with Gasteiger partial charge in [-0.3, -0.25) is 4.98 Å². The summed E-state index contributed by atoms with van der Waals surface area (Å²) in [5.41, 5.74) is 2.65. The number of carbonyl (C=O) groups excluding carboxylic acids is 1. The molecule has 0 aliphatic rings. The van der Waals surface area contributed by atoms with Crippen molar-refractivity contribution in [2.24, 2.45) is 0 Å². The van der Waals surface area contributed by atoms with Gasteiger partial charge in [0.15, 0.2) is 0 Å². The summed E-state index contributed by atoms with van der Waals surface area (Å²) in [5, 5.41) is 14.3. The number of urea groups is 1. The summed E-state index contributed by atoms with van der Waals surface area (Å²) in [7, 11) is 0. The van der Waals surface area contributed by atoms with Gasteiger partial charge < -0.3 is 15.7 Å². The van der Waals surface area contributed by atoms with Crippen molar-refractivity contribution in [1.82, 2.24) is 4.98 Å². The Kier molecular flexibility index (Phi) is 4.18. The molecule has 2 amide bonds. The number of aromatic carboxylic acids is 1. The van der Waals surface area contributed by atoms with Gasteiger partial charge in [-0.2, -0.15) is 0 Å². The number of aryl methyl sites for hydroxylation is 2. The molecule has 6 heteroatoms. The number of aromatic nitrogens is 1. The van der Waals surface area contributed by atoms with E-state index >= 15 is 0 Å². The lowest BCUT2D eigenvalue weighted by molar-refractivity contribution is 0.0696. The number of benzene rings is 1. The van der Waals surface area contributed by atoms with E-state index in [1.165, 1.54) is 6.07 Å². The smallest absolute Gasteiger partial charge is 0.335 e. The highest BCUT2D eigenvalue weighted by atomic mass is 16.4. The van der Waals surface area contributed by atoms with Gasteiger partial charge in [-0.25, -0.2) is 9.59 Å². The summed E-state index contributed by atoms with van der Waals surface area (Å²) < 4.78 is 0. The lowest BCUT2D eigenvalue weighted by atomic mass is 10.1. The maximum atomic E-state index is 11.9. The van der Waals surface area contributed by atoms with Gasteiger partial charge in [-0.1, -0.05) is 0 Å². The molecule has 108 valence electrons. The molecule has 0 spiro atoms. The summed E-state index contributed by atoms with van der Waals surface area (Å²) in [4.78, 5) is 26.9. The Balaban J connectivity index is 2.08. The molecule has 0 radical (unpaired) electrons. The van der Waals surface area contributed by atoms with Crippen LogP contribution in [0.25, 0.3) is 0 Å². The SMILES string of the molecule is Cc1cc(NC(=O)Nc2cccnc2C)ccc1C(=O)O. The second-order valence-electron chi connectivity index (χ2n) is 4.55. The summed E-state index contributed by atoms with van der Waals surface area (Å²) in [6, 6.07) is 7.69. The van der Waals surface area contributed by atoms with E-state index in [1.54, 1.807) is 44.3 Å².